The molecule has 1 amide bonds. The maximum absolute atomic E-state index is 13.1. The van der Waals surface area contributed by atoms with E-state index >= 15 is 0 Å². The van der Waals surface area contributed by atoms with Crippen molar-refractivity contribution in [3.05, 3.63) is 75.8 Å². The highest BCUT2D eigenvalue weighted by Crippen LogP contribution is 2.51. The first-order chi connectivity index (χ1) is 14.0. The Balaban J connectivity index is 1.73. The van der Waals surface area contributed by atoms with Crippen molar-refractivity contribution in [2.24, 2.45) is 0 Å². The number of aryl methyl sites for hydroxylation is 1. The van der Waals surface area contributed by atoms with E-state index in [1.54, 1.807) is 24.3 Å². The Kier molecular flexibility index (Phi) is 5.12. The van der Waals surface area contributed by atoms with Gasteiger partial charge in [-0.1, -0.05) is 42.0 Å². The number of carbonyl (C=O) groups excluding carboxylic acids is 1. The lowest BCUT2D eigenvalue weighted by Gasteiger charge is -2.38. The molecule has 148 valence electrons. The number of nitrogens with zero attached hydrogens (tertiary/aromatic N) is 2. The van der Waals surface area contributed by atoms with E-state index in [2.05, 4.69) is 6.07 Å². The topological polar surface area (TPSA) is 73.6 Å². The highest BCUT2D eigenvalue weighted by molar-refractivity contribution is 8.03. The summed E-state index contributed by atoms with van der Waals surface area (Å²) in [6, 6.07) is 17.4. The van der Waals surface area contributed by atoms with E-state index in [9.17, 15) is 15.2 Å². The van der Waals surface area contributed by atoms with Gasteiger partial charge < -0.3 is 9.84 Å². The number of allylic oxidation sites excluding steroid dienone is 1. The molecule has 4 rings (SSSR count). The number of thioether (sulfide) groups is 1. The zero-order valence-electron chi connectivity index (χ0n) is 16.4. The summed E-state index contributed by atoms with van der Waals surface area (Å²) in [5, 5.41) is 21.9. The summed E-state index contributed by atoms with van der Waals surface area (Å²) in [6.07, 6.45) is 0.162. The number of benzene rings is 2. The molecule has 0 radical (unpaired) electrons. The summed E-state index contributed by atoms with van der Waals surface area (Å²) in [4.78, 5) is 14.5. The fourth-order valence-electron chi connectivity index (χ4n) is 3.91. The first-order valence-corrected chi connectivity index (χ1v) is 10.6. The second kappa shape index (κ2) is 7.58. The SMILES string of the molecule is CCOc1ccc([C@@]2(O)CSC3=C(C#N)[C@H](c4ccc(C)cc4)CC(=O)N32)cc1. The average Bonchev–Trinajstić information content (AvgIpc) is 3.08. The molecule has 6 heteroatoms. The minimum Gasteiger partial charge on any atom is -0.494 e. The van der Waals surface area contributed by atoms with Crippen LogP contribution in [0.25, 0.3) is 0 Å². The highest BCUT2D eigenvalue weighted by Gasteiger charge is 2.51. The Labute approximate surface area is 174 Å². The van der Waals surface area contributed by atoms with Crippen LogP contribution in [0.15, 0.2) is 59.1 Å². The van der Waals surface area contributed by atoms with Crippen molar-refractivity contribution in [2.45, 2.75) is 31.9 Å². The van der Waals surface area contributed by atoms with Crippen LogP contribution in [0.1, 0.15) is 36.0 Å². The lowest BCUT2D eigenvalue weighted by Crippen LogP contribution is -2.48. The number of fused-ring (bicyclic) bond motifs is 1. The molecule has 2 heterocycles. The summed E-state index contributed by atoms with van der Waals surface area (Å²) < 4.78 is 5.47. The van der Waals surface area contributed by atoms with Crippen molar-refractivity contribution in [1.29, 1.82) is 5.26 Å². The molecule has 2 atom stereocenters. The summed E-state index contributed by atoms with van der Waals surface area (Å²) in [5.74, 6) is 0.539. The van der Waals surface area contributed by atoms with Gasteiger partial charge in [0, 0.05) is 17.9 Å². The first-order valence-electron chi connectivity index (χ1n) is 9.60. The number of hydrogen-bond donors (Lipinski definition) is 1. The van der Waals surface area contributed by atoms with E-state index in [4.69, 9.17) is 4.74 Å². The zero-order valence-corrected chi connectivity index (χ0v) is 17.2. The van der Waals surface area contributed by atoms with Crippen LogP contribution in [-0.2, 0) is 10.5 Å². The van der Waals surface area contributed by atoms with Gasteiger partial charge in [0.15, 0.2) is 5.72 Å². The summed E-state index contributed by atoms with van der Waals surface area (Å²) >= 11 is 1.36. The number of rotatable bonds is 4. The van der Waals surface area contributed by atoms with Gasteiger partial charge in [0.1, 0.15) is 5.75 Å². The van der Waals surface area contributed by atoms with E-state index in [1.807, 2.05) is 38.1 Å². The molecule has 0 saturated carbocycles. The second-order valence-corrected chi connectivity index (χ2v) is 8.25. The molecule has 0 unspecified atom stereocenters. The van der Waals surface area contributed by atoms with Gasteiger partial charge in [-0.25, -0.2) is 0 Å². The van der Waals surface area contributed by atoms with Gasteiger partial charge in [0.25, 0.3) is 0 Å². The van der Waals surface area contributed by atoms with E-state index < -0.39 is 5.72 Å². The minimum absolute atomic E-state index is 0.162. The van der Waals surface area contributed by atoms with Crippen LogP contribution >= 0.6 is 11.8 Å². The minimum atomic E-state index is -1.47. The largest absolute Gasteiger partial charge is 0.494 e. The first kappa shape index (κ1) is 19.6. The lowest BCUT2D eigenvalue weighted by atomic mass is 9.85. The average molecular weight is 407 g/mol. The van der Waals surface area contributed by atoms with Crippen molar-refractivity contribution in [1.82, 2.24) is 4.90 Å². The maximum Gasteiger partial charge on any atom is 0.231 e. The predicted octanol–water partition coefficient (Wildman–Crippen LogP) is 4.04. The van der Waals surface area contributed by atoms with Crippen LogP contribution in [-0.4, -0.2) is 28.3 Å². The van der Waals surface area contributed by atoms with Gasteiger partial charge in [-0.2, -0.15) is 5.26 Å². The molecule has 2 aromatic carbocycles. The molecule has 0 aromatic heterocycles. The molecule has 1 saturated heterocycles. The Morgan fingerprint density at radius 3 is 2.55 bits per heavy atom. The standard InChI is InChI=1S/C23H22N2O3S/c1-3-28-18-10-8-17(9-11-18)23(27)14-29-22-20(13-24)19(12-21(26)25(22)23)16-6-4-15(2)5-7-16/h4-11,19,27H,3,12,14H2,1-2H3/t19-,23-/m0/s1. The van der Waals surface area contributed by atoms with Crippen LogP contribution in [0.2, 0.25) is 0 Å². The van der Waals surface area contributed by atoms with Crippen LogP contribution in [0.4, 0.5) is 0 Å². The molecule has 5 nitrogen and oxygen atoms in total. The third-order valence-corrected chi connectivity index (χ3v) is 6.64. The Morgan fingerprint density at radius 1 is 1.24 bits per heavy atom. The Morgan fingerprint density at radius 2 is 1.93 bits per heavy atom. The Hall–Kier alpha value is -2.75. The number of amides is 1. The normalized spacial score (nSPS) is 23.7. The lowest BCUT2D eigenvalue weighted by molar-refractivity contribution is -0.149. The molecule has 29 heavy (non-hydrogen) atoms. The highest BCUT2D eigenvalue weighted by atomic mass is 32.2. The molecular formula is C23H22N2O3S. The molecule has 1 fully saturated rings. The van der Waals surface area contributed by atoms with Gasteiger partial charge in [-0.3, -0.25) is 9.69 Å². The zero-order chi connectivity index (χ0) is 20.6. The predicted molar refractivity (Wildman–Crippen MR) is 112 cm³/mol. The van der Waals surface area contributed by atoms with E-state index in [-0.39, 0.29) is 24.0 Å². The van der Waals surface area contributed by atoms with E-state index in [1.165, 1.54) is 16.7 Å². The van der Waals surface area contributed by atoms with Gasteiger partial charge in [-0.15, -0.1) is 11.8 Å². The van der Waals surface area contributed by atoms with E-state index in [0.717, 1.165) is 11.1 Å². The number of carbonyl (C=O) groups is 1. The van der Waals surface area contributed by atoms with Gasteiger partial charge in [0.05, 0.1) is 29.0 Å². The van der Waals surface area contributed by atoms with Crippen molar-refractivity contribution in [3.63, 3.8) is 0 Å². The van der Waals surface area contributed by atoms with Crippen LogP contribution in [0, 0.1) is 18.3 Å². The van der Waals surface area contributed by atoms with Crippen molar-refractivity contribution in [3.8, 4) is 11.8 Å². The fraction of sp³-hybridized carbons (Fsp3) is 0.304. The monoisotopic (exact) mass is 406 g/mol. The molecule has 2 aliphatic rings. The third kappa shape index (κ3) is 3.31. The number of ether oxygens (including phenoxy) is 1. The number of nitriles is 1. The molecule has 0 bridgehead atoms. The van der Waals surface area contributed by atoms with Crippen molar-refractivity contribution >= 4 is 17.7 Å². The number of hydrogen-bond acceptors (Lipinski definition) is 5. The number of aliphatic hydroxyl groups is 1. The van der Waals surface area contributed by atoms with Gasteiger partial charge in [-0.05, 0) is 31.5 Å². The van der Waals surface area contributed by atoms with Crippen LogP contribution in [0.3, 0.4) is 0 Å². The molecule has 2 aliphatic heterocycles. The Bertz CT molecular complexity index is 1010. The molecule has 0 spiro atoms. The molecule has 0 aliphatic carbocycles. The second-order valence-electron chi connectivity index (χ2n) is 7.29. The smallest absolute Gasteiger partial charge is 0.231 e. The van der Waals surface area contributed by atoms with E-state index in [0.29, 0.717) is 28.5 Å². The van der Waals surface area contributed by atoms with Crippen LogP contribution < -0.4 is 4.74 Å². The quantitative estimate of drug-likeness (QED) is 0.830. The van der Waals surface area contributed by atoms with Crippen LogP contribution in [0.5, 0.6) is 5.75 Å². The third-order valence-electron chi connectivity index (χ3n) is 5.42. The van der Waals surface area contributed by atoms with Crippen molar-refractivity contribution < 1.29 is 14.6 Å². The van der Waals surface area contributed by atoms with Gasteiger partial charge >= 0.3 is 0 Å². The summed E-state index contributed by atoms with van der Waals surface area (Å²) in [5.41, 5.74) is 1.76. The fourth-order valence-corrected chi connectivity index (χ4v) is 5.27. The molecule has 1 N–H and O–H groups in total. The molecule has 2 aromatic rings. The maximum atomic E-state index is 13.1. The molecular weight excluding hydrogens is 384 g/mol. The van der Waals surface area contributed by atoms with Gasteiger partial charge in [0.2, 0.25) is 5.91 Å². The summed E-state index contributed by atoms with van der Waals surface area (Å²) in [6.45, 7) is 4.47. The summed E-state index contributed by atoms with van der Waals surface area (Å²) in [7, 11) is 0. The van der Waals surface area contributed by atoms with Crippen molar-refractivity contribution in [2.75, 3.05) is 12.4 Å².